The molecule has 0 fully saturated rings. The van der Waals surface area contributed by atoms with Crippen molar-refractivity contribution in [3.05, 3.63) is 38.8 Å². The molecule has 0 unspecified atom stereocenters. The van der Waals surface area contributed by atoms with Crippen LogP contribution in [-0.4, -0.2) is 11.7 Å². The topological polar surface area (TPSA) is 20.2 Å². The molecule has 1 aromatic rings. The van der Waals surface area contributed by atoms with E-state index in [2.05, 4.69) is 29.8 Å². The fourth-order valence-corrected chi connectivity index (χ4v) is 1.94. The quantitative estimate of drug-likeness (QED) is 0.887. The molecule has 82 valence electrons. The molecule has 0 bridgehead atoms. The lowest BCUT2D eigenvalue weighted by Crippen LogP contribution is -1.98. The fraction of sp³-hybridized carbons (Fsp3) is 0.333. The molecule has 0 amide bonds. The summed E-state index contributed by atoms with van der Waals surface area (Å²) < 4.78 is 0.958. The molecule has 1 aromatic carbocycles. The lowest BCUT2D eigenvalue weighted by Gasteiger charge is -2.08. The standard InChI is InChI=1S/C12H14BrClO/c1-8(2)10(7-15)5-9-3-4-11(13)6-12(9)14/h3-6,8,15H,7H2,1-2H3/b10-5+. The predicted molar refractivity (Wildman–Crippen MR) is 69.1 cm³/mol. The second-order valence-corrected chi connectivity index (χ2v) is 5.02. The molecular formula is C12H14BrClO. The Balaban J connectivity index is 3.06. The molecule has 0 heterocycles. The molecular weight excluding hydrogens is 275 g/mol. The number of rotatable bonds is 3. The van der Waals surface area contributed by atoms with E-state index in [4.69, 9.17) is 11.6 Å². The first-order chi connectivity index (χ1) is 7.04. The molecule has 0 atom stereocenters. The highest BCUT2D eigenvalue weighted by Gasteiger charge is 2.04. The van der Waals surface area contributed by atoms with Crippen LogP contribution in [0.4, 0.5) is 0 Å². The largest absolute Gasteiger partial charge is 0.392 e. The maximum Gasteiger partial charge on any atom is 0.0647 e. The minimum absolute atomic E-state index is 0.0735. The maximum atomic E-state index is 9.18. The minimum atomic E-state index is 0.0735. The molecule has 0 saturated carbocycles. The van der Waals surface area contributed by atoms with E-state index < -0.39 is 0 Å². The molecule has 1 N–H and O–H groups in total. The van der Waals surface area contributed by atoms with Crippen LogP contribution in [-0.2, 0) is 0 Å². The highest BCUT2D eigenvalue weighted by Crippen LogP contribution is 2.24. The molecule has 1 rings (SSSR count). The van der Waals surface area contributed by atoms with Gasteiger partial charge < -0.3 is 5.11 Å². The van der Waals surface area contributed by atoms with E-state index >= 15 is 0 Å². The van der Waals surface area contributed by atoms with E-state index in [0.29, 0.717) is 10.9 Å². The Bertz CT molecular complexity index is 372. The molecule has 0 aliphatic rings. The Labute approximate surface area is 104 Å². The first-order valence-corrected chi connectivity index (χ1v) is 5.98. The van der Waals surface area contributed by atoms with Gasteiger partial charge in [0.05, 0.1) is 6.61 Å². The molecule has 0 radical (unpaired) electrons. The summed E-state index contributed by atoms with van der Waals surface area (Å²) in [4.78, 5) is 0. The highest BCUT2D eigenvalue weighted by molar-refractivity contribution is 9.10. The van der Waals surface area contributed by atoms with Crippen molar-refractivity contribution in [3.63, 3.8) is 0 Å². The van der Waals surface area contributed by atoms with Crippen LogP contribution in [0.2, 0.25) is 5.02 Å². The SMILES string of the molecule is CC(C)/C(=C/c1ccc(Br)cc1Cl)CO. The first kappa shape index (κ1) is 12.8. The number of hydrogen-bond donors (Lipinski definition) is 1. The van der Waals surface area contributed by atoms with E-state index in [1.165, 1.54) is 0 Å². The average Bonchev–Trinajstić information content (AvgIpc) is 2.16. The summed E-state index contributed by atoms with van der Waals surface area (Å²) in [6, 6.07) is 5.72. The van der Waals surface area contributed by atoms with Crippen LogP contribution < -0.4 is 0 Å². The lowest BCUT2D eigenvalue weighted by molar-refractivity contribution is 0.320. The number of aliphatic hydroxyl groups is 1. The highest BCUT2D eigenvalue weighted by atomic mass is 79.9. The zero-order valence-electron chi connectivity index (χ0n) is 8.80. The monoisotopic (exact) mass is 288 g/mol. The van der Waals surface area contributed by atoms with Gasteiger partial charge in [-0.25, -0.2) is 0 Å². The van der Waals surface area contributed by atoms with Crippen molar-refractivity contribution in [2.24, 2.45) is 5.92 Å². The Kier molecular flexibility index (Phi) is 4.84. The van der Waals surface area contributed by atoms with Gasteiger partial charge in [0.2, 0.25) is 0 Å². The third kappa shape index (κ3) is 3.63. The summed E-state index contributed by atoms with van der Waals surface area (Å²) in [6.45, 7) is 4.17. The molecule has 3 heteroatoms. The minimum Gasteiger partial charge on any atom is -0.392 e. The summed E-state index contributed by atoms with van der Waals surface area (Å²) in [5.74, 6) is 0.328. The van der Waals surface area contributed by atoms with Gasteiger partial charge in [-0.1, -0.05) is 53.5 Å². The number of benzene rings is 1. The second kappa shape index (κ2) is 5.69. The summed E-state index contributed by atoms with van der Waals surface area (Å²) in [5.41, 5.74) is 1.93. The Hall–Kier alpha value is -0.310. The Morgan fingerprint density at radius 3 is 2.67 bits per heavy atom. The third-order valence-electron chi connectivity index (χ3n) is 2.23. The van der Waals surface area contributed by atoms with Crippen LogP contribution in [0.5, 0.6) is 0 Å². The van der Waals surface area contributed by atoms with Gasteiger partial charge in [0.25, 0.3) is 0 Å². The van der Waals surface area contributed by atoms with E-state index in [-0.39, 0.29) is 6.61 Å². The smallest absolute Gasteiger partial charge is 0.0647 e. The number of halogens is 2. The van der Waals surface area contributed by atoms with Crippen molar-refractivity contribution in [3.8, 4) is 0 Å². The summed E-state index contributed by atoms with van der Waals surface area (Å²) >= 11 is 9.43. The summed E-state index contributed by atoms with van der Waals surface area (Å²) in [5, 5.41) is 9.87. The third-order valence-corrected chi connectivity index (χ3v) is 3.05. The number of hydrogen-bond acceptors (Lipinski definition) is 1. The maximum absolute atomic E-state index is 9.18. The molecule has 0 saturated heterocycles. The molecule has 1 nitrogen and oxygen atoms in total. The van der Waals surface area contributed by atoms with Gasteiger partial charge in [-0.2, -0.15) is 0 Å². The van der Waals surface area contributed by atoms with Gasteiger partial charge in [0, 0.05) is 9.50 Å². The van der Waals surface area contributed by atoms with E-state index in [1.807, 2.05) is 24.3 Å². The molecule has 0 aliphatic heterocycles. The van der Waals surface area contributed by atoms with Crippen LogP contribution in [0.25, 0.3) is 6.08 Å². The van der Waals surface area contributed by atoms with Gasteiger partial charge in [-0.15, -0.1) is 0 Å². The average molecular weight is 290 g/mol. The molecule has 0 aromatic heterocycles. The molecule has 0 aliphatic carbocycles. The Morgan fingerprint density at radius 1 is 1.53 bits per heavy atom. The Morgan fingerprint density at radius 2 is 2.20 bits per heavy atom. The number of aliphatic hydroxyl groups excluding tert-OH is 1. The molecule has 15 heavy (non-hydrogen) atoms. The van der Waals surface area contributed by atoms with E-state index in [1.54, 1.807) is 0 Å². The van der Waals surface area contributed by atoms with Crippen LogP contribution in [0.15, 0.2) is 28.2 Å². The van der Waals surface area contributed by atoms with Crippen molar-refractivity contribution in [1.82, 2.24) is 0 Å². The van der Waals surface area contributed by atoms with Crippen LogP contribution in [0, 0.1) is 5.92 Å². The van der Waals surface area contributed by atoms with Crippen LogP contribution >= 0.6 is 27.5 Å². The first-order valence-electron chi connectivity index (χ1n) is 4.81. The van der Waals surface area contributed by atoms with Crippen LogP contribution in [0.1, 0.15) is 19.4 Å². The second-order valence-electron chi connectivity index (χ2n) is 3.70. The normalized spacial score (nSPS) is 12.3. The van der Waals surface area contributed by atoms with Crippen molar-refractivity contribution in [1.29, 1.82) is 0 Å². The zero-order valence-corrected chi connectivity index (χ0v) is 11.1. The van der Waals surface area contributed by atoms with Crippen molar-refractivity contribution in [2.75, 3.05) is 6.61 Å². The lowest BCUT2D eigenvalue weighted by atomic mass is 10.0. The van der Waals surface area contributed by atoms with E-state index in [9.17, 15) is 5.11 Å². The van der Waals surface area contributed by atoms with Gasteiger partial charge >= 0.3 is 0 Å². The zero-order chi connectivity index (χ0) is 11.4. The van der Waals surface area contributed by atoms with Gasteiger partial charge in [-0.3, -0.25) is 0 Å². The molecule has 0 spiro atoms. The summed E-state index contributed by atoms with van der Waals surface area (Å²) in [7, 11) is 0. The predicted octanol–water partition coefficient (Wildman–Crippen LogP) is 4.13. The van der Waals surface area contributed by atoms with Gasteiger partial charge in [0.1, 0.15) is 0 Å². The van der Waals surface area contributed by atoms with Gasteiger partial charge in [-0.05, 0) is 29.2 Å². The fourth-order valence-electron chi connectivity index (χ4n) is 1.21. The van der Waals surface area contributed by atoms with Crippen LogP contribution in [0.3, 0.4) is 0 Å². The summed E-state index contributed by atoms with van der Waals surface area (Å²) in [6.07, 6.45) is 1.94. The van der Waals surface area contributed by atoms with Crippen molar-refractivity contribution >= 4 is 33.6 Å². The van der Waals surface area contributed by atoms with Crippen molar-refractivity contribution in [2.45, 2.75) is 13.8 Å². The van der Waals surface area contributed by atoms with Crippen molar-refractivity contribution < 1.29 is 5.11 Å². The van der Waals surface area contributed by atoms with E-state index in [0.717, 1.165) is 15.6 Å². The van der Waals surface area contributed by atoms with Gasteiger partial charge in [0.15, 0.2) is 0 Å².